The predicted molar refractivity (Wildman–Crippen MR) is 104 cm³/mol. The monoisotopic (exact) mass is 342 g/mol. The Morgan fingerprint density at radius 2 is 1.35 bits per heavy atom. The molecule has 0 amide bonds. The Kier molecular flexibility index (Phi) is 19.2. The maximum atomic E-state index is 11.3. The highest BCUT2D eigenvalue weighted by Gasteiger charge is 2.01. The van der Waals surface area contributed by atoms with E-state index in [4.69, 9.17) is 4.74 Å². The highest BCUT2D eigenvalue weighted by Crippen LogP contribution is 2.10. The van der Waals surface area contributed by atoms with Crippen LogP contribution in [-0.2, 0) is 9.53 Å². The maximum absolute atomic E-state index is 11.3. The molecule has 0 saturated carbocycles. The zero-order chi connectivity index (χ0) is 17.0. The van der Waals surface area contributed by atoms with Crippen molar-refractivity contribution in [2.75, 3.05) is 12.4 Å². The summed E-state index contributed by atoms with van der Waals surface area (Å²) in [6, 6.07) is 0. The third kappa shape index (κ3) is 19.5. The molecule has 0 rings (SSSR count). The highest BCUT2D eigenvalue weighted by atomic mass is 32.1. The van der Waals surface area contributed by atoms with Gasteiger partial charge in [0.15, 0.2) is 0 Å². The van der Waals surface area contributed by atoms with Crippen molar-refractivity contribution in [1.29, 1.82) is 0 Å². The molecule has 136 valence electrons. The second-order valence-electron chi connectivity index (χ2n) is 6.28. The van der Waals surface area contributed by atoms with E-state index >= 15 is 0 Å². The van der Waals surface area contributed by atoms with E-state index in [2.05, 4.69) is 31.7 Å². The molecule has 0 aliphatic carbocycles. The molecule has 0 fully saturated rings. The van der Waals surface area contributed by atoms with Crippen molar-refractivity contribution in [2.24, 2.45) is 0 Å². The van der Waals surface area contributed by atoms with Crippen LogP contribution in [0.25, 0.3) is 0 Å². The molecule has 0 N–H and O–H groups in total. The number of hydrogen-bond donors (Lipinski definition) is 1. The molecular weight excluding hydrogens is 304 g/mol. The van der Waals surface area contributed by atoms with E-state index in [9.17, 15) is 4.79 Å². The van der Waals surface area contributed by atoms with Crippen LogP contribution < -0.4 is 0 Å². The molecule has 0 bridgehead atoms. The fourth-order valence-corrected chi connectivity index (χ4v) is 2.66. The lowest BCUT2D eigenvalue weighted by Gasteiger charge is -2.03. The Hall–Kier alpha value is -0.440. The fraction of sp³-hybridized carbons (Fsp3) is 0.850. The molecule has 0 aliphatic rings. The van der Waals surface area contributed by atoms with Crippen molar-refractivity contribution in [3.8, 4) is 0 Å². The van der Waals surface area contributed by atoms with Crippen molar-refractivity contribution < 1.29 is 9.53 Å². The summed E-state index contributed by atoms with van der Waals surface area (Å²) in [6.07, 6.45) is 21.9. The normalized spacial score (nSPS) is 11.2. The van der Waals surface area contributed by atoms with E-state index in [-0.39, 0.29) is 5.97 Å². The summed E-state index contributed by atoms with van der Waals surface area (Å²) in [5.74, 6) is 0.540. The van der Waals surface area contributed by atoms with Gasteiger partial charge in [0.05, 0.1) is 0 Å². The zero-order valence-electron chi connectivity index (χ0n) is 15.2. The van der Waals surface area contributed by atoms with Crippen LogP contribution in [0.2, 0.25) is 0 Å². The Morgan fingerprint density at radius 3 is 1.91 bits per heavy atom. The Labute approximate surface area is 149 Å². The van der Waals surface area contributed by atoms with Gasteiger partial charge >= 0.3 is 5.97 Å². The molecular formula is C20H38O2S. The van der Waals surface area contributed by atoms with Gasteiger partial charge < -0.3 is 4.74 Å². The average Bonchev–Trinajstić information content (AvgIpc) is 2.56. The lowest BCUT2D eigenvalue weighted by Crippen LogP contribution is -2.06. The van der Waals surface area contributed by atoms with Crippen LogP contribution in [0, 0.1) is 0 Å². The number of thiol groups is 1. The minimum Gasteiger partial charge on any atom is -0.465 e. The molecule has 3 heteroatoms. The van der Waals surface area contributed by atoms with E-state index in [0.29, 0.717) is 18.8 Å². The standard InChI is InChI=1S/C20H38O2S/c1-2-3-4-5-6-7-8-9-10-11-12-13-14-15-16-17-20(21)22-18-19-23/h8-9,23H,2-7,10-19H2,1H3/b9-8+. The van der Waals surface area contributed by atoms with Gasteiger partial charge in [0.25, 0.3) is 0 Å². The molecule has 0 radical (unpaired) electrons. The Morgan fingerprint density at radius 1 is 0.826 bits per heavy atom. The summed E-state index contributed by atoms with van der Waals surface area (Å²) in [5, 5.41) is 0. The smallest absolute Gasteiger partial charge is 0.305 e. The SMILES string of the molecule is CCCCCCC/C=C/CCCCCCCCC(=O)OCCS. The van der Waals surface area contributed by atoms with E-state index < -0.39 is 0 Å². The van der Waals surface area contributed by atoms with Gasteiger partial charge in [-0.3, -0.25) is 4.79 Å². The van der Waals surface area contributed by atoms with Gasteiger partial charge in [0, 0.05) is 12.2 Å². The summed E-state index contributed by atoms with van der Waals surface area (Å²) in [7, 11) is 0. The minimum absolute atomic E-state index is 0.0705. The lowest BCUT2D eigenvalue weighted by atomic mass is 10.1. The number of carbonyl (C=O) groups is 1. The van der Waals surface area contributed by atoms with E-state index in [0.717, 1.165) is 12.8 Å². The molecule has 0 heterocycles. The second-order valence-corrected chi connectivity index (χ2v) is 6.73. The fourth-order valence-electron chi connectivity index (χ4n) is 2.57. The van der Waals surface area contributed by atoms with Crippen LogP contribution in [0.3, 0.4) is 0 Å². The predicted octanol–water partition coefficient (Wildman–Crippen LogP) is 6.50. The van der Waals surface area contributed by atoms with Crippen LogP contribution >= 0.6 is 12.6 Å². The summed E-state index contributed by atoms with van der Waals surface area (Å²) in [6.45, 7) is 2.70. The first kappa shape index (κ1) is 22.6. The number of carbonyl (C=O) groups excluding carboxylic acids is 1. The molecule has 0 aromatic heterocycles. The van der Waals surface area contributed by atoms with Gasteiger partial charge in [0.2, 0.25) is 0 Å². The van der Waals surface area contributed by atoms with Crippen molar-refractivity contribution in [3.63, 3.8) is 0 Å². The molecule has 0 atom stereocenters. The quantitative estimate of drug-likeness (QED) is 0.141. The average molecular weight is 343 g/mol. The molecule has 0 unspecified atom stereocenters. The van der Waals surface area contributed by atoms with E-state index in [1.165, 1.54) is 70.6 Å². The van der Waals surface area contributed by atoms with Gasteiger partial charge in [-0.15, -0.1) is 0 Å². The van der Waals surface area contributed by atoms with Crippen molar-refractivity contribution in [3.05, 3.63) is 12.2 Å². The number of rotatable bonds is 17. The highest BCUT2D eigenvalue weighted by molar-refractivity contribution is 7.80. The first-order valence-corrected chi connectivity index (χ1v) is 10.4. The number of ether oxygens (including phenoxy) is 1. The van der Waals surface area contributed by atoms with Crippen molar-refractivity contribution >= 4 is 18.6 Å². The molecule has 0 aliphatic heterocycles. The largest absolute Gasteiger partial charge is 0.465 e. The van der Waals surface area contributed by atoms with Gasteiger partial charge in [-0.05, 0) is 32.1 Å². The van der Waals surface area contributed by atoms with Gasteiger partial charge in [-0.25, -0.2) is 0 Å². The zero-order valence-corrected chi connectivity index (χ0v) is 16.1. The van der Waals surface area contributed by atoms with Gasteiger partial charge in [-0.1, -0.05) is 70.4 Å². The van der Waals surface area contributed by atoms with Crippen molar-refractivity contribution in [2.45, 2.75) is 96.8 Å². The number of allylic oxidation sites excluding steroid dienone is 2. The van der Waals surface area contributed by atoms with Gasteiger partial charge in [0.1, 0.15) is 6.61 Å². The number of unbranched alkanes of at least 4 members (excludes halogenated alkanes) is 11. The maximum Gasteiger partial charge on any atom is 0.305 e. The van der Waals surface area contributed by atoms with Crippen LogP contribution in [0.15, 0.2) is 12.2 Å². The van der Waals surface area contributed by atoms with E-state index in [1.807, 2.05) is 0 Å². The van der Waals surface area contributed by atoms with Crippen LogP contribution in [0.1, 0.15) is 96.8 Å². The molecule has 0 aromatic rings. The first-order valence-electron chi connectivity index (χ1n) is 9.72. The first-order chi connectivity index (χ1) is 11.3. The van der Waals surface area contributed by atoms with Crippen molar-refractivity contribution in [1.82, 2.24) is 0 Å². The van der Waals surface area contributed by atoms with E-state index in [1.54, 1.807) is 0 Å². The molecule has 23 heavy (non-hydrogen) atoms. The topological polar surface area (TPSA) is 26.3 Å². The Bertz CT molecular complexity index is 277. The van der Waals surface area contributed by atoms with Crippen LogP contribution in [0.4, 0.5) is 0 Å². The molecule has 0 aromatic carbocycles. The lowest BCUT2D eigenvalue weighted by molar-refractivity contribution is -0.143. The third-order valence-electron chi connectivity index (χ3n) is 4.00. The molecule has 0 spiro atoms. The minimum atomic E-state index is -0.0705. The summed E-state index contributed by atoms with van der Waals surface area (Å²) in [4.78, 5) is 11.3. The molecule has 2 nitrogen and oxygen atoms in total. The summed E-state index contributed by atoms with van der Waals surface area (Å²) in [5.41, 5.74) is 0. The summed E-state index contributed by atoms with van der Waals surface area (Å²) >= 11 is 4.01. The molecule has 0 saturated heterocycles. The van der Waals surface area contributed by atoms with Crippen LogP contribution in [-0.4, -0.2) is 18.3 Å². The third-order valence-corrected chi connectivity index (χ3v) is 4.18. The summed E-state index contributed by atoms with van der Waals surface area (Å²) < 4.78 is 4.99. The number of esters is 1. The second kappa shape index (κ2) is 19.6. The van der Waals surface area contributed by atoms with Gasteiger partial charge in [-0.2, -0.15) is 12.6 Å². The number of hydrogen-bond acceptors (Lipinski definition) is 3. The van der Waals surface area contributed by atoms with Crippen LogP contribution in [0.5, 0.6) is 0 Å². The Balaban J connectivity index is 3.14.